The lowest BCUT2D eigenvalue weighted by Gasteiger charge is -2.19. The van der Waals surface area contributed by atoms with E-state index < -0.39 is 16.0 Å². The van der Waals surface area contributed by atoms with Crippen LogP contribution in [0.25, 0.3) is 10.4 Å². The van der Waals surface area contributed by atoms with Crippen molar-refractivity contribution in [3.63, 3.8) is 0 Å². The molecule has 2 aromatic carbocycles. The van der Waals surface area contributed by atoms with Crippen LogP contribution < -0.4 is 4.31 Å². The average Bonchev–Trinajstić information content (AvgIpc) is 3.07. The fourth-order valence-corrected chi connectivity index (χ4v) is 4.90. The van der Waals surface area contributed by atoms with Gasteiger partial charge in [0.1, 0.15) is 10.6 Å². The Kier molecular flexibility index (Phi) is 4.95. The summed E-state index contributed by atoms with van der Waals surface area (Å²) < 4.78 is 26.8. The number of aromatic carboxylic acids is 1. The summed E-state index contributed by atoms with van der Waals surface area (Å²) in [6.45, 7) is 1.85. The second kappa shape index (κ2) is 7.05. The molecule has 3 rings (SSSR count). The van der Waals surface area contributed by atoms with Gasteiger partial charge >= 0.3 is 5.97 Å². The Morgan fingerprint density at radius 1 is 1.07 bits per heavy atom. The van der Waals surface area contributed by atoms with Gasteiger partial charge < -0.3 is 10.2 Å². The highest BCUT2D eigenvalue weighted by atomic mass is 32.2. The molecule has 27 heavy (non-hydrogen) atoms. The summed E-state index contributed by atoms with van der Waals surface area (Å²) >= 11 is 0.911. The van der Waals surface area contributed by atoms with Crippen molar-refractivity contribution in [3.05, 3.63) is 65.0 Å². The fourth-order valence-electron chi connectivity index (χ4n) is 2.58. The van der Waals surface area contributed by atoms with Crippen molar-refractivity contribution in [2.75, 3.05) is 11.4 Å². The number of hydrogen-bond donors (Lipinski definition) is 2. The molecule has 0 aliphatic carbocycles. The molecule has 140 valence electrons. The summed E-state index contributed by atoms with van der Waals surface area (Å²) in [5, 5.41) is 19.6. The molecule has 0 saturated carbocycles. The van der Waals surface area contributed by atoms with Gasteiger partial charge in [-0.15, -0.1) is 11.3 Å². The number of aromatic hydroxyl groups is 1. The normalized spacial score (nSPS) is 11.3. The first kappa shape index (κ1) is 18.9. The summed E-state index contributed by atoms with van der Waals surface area (Å²) in [5.74, 6) is -1.24. The number of carbonyl (C=O) groups is 1. The summed E-state index contributed by atoms with van der Waals surface area (Å²) in [6, 6.07) is 14.3. The number of phenols is 1. The second-order valence-electron chi connectivity index (χ2n) is 5.93. The Labute approximate surface area is 161 Å². The number of hydrogen-bond acceptors (Lipinski definition) is 5. The van der Waals surface area contributed by atoms with Gasteiger partial charge in [-0.3, -0.25) is 4.31 Å². The molecule has 6 nitrogen and oxygen atoms in total. The molecule has 0 fully saturated rings. The Morgan fingerprint density at radius 2 is 1.70 bits per heavy atom. The molecule has 0 aliphatic heterocycles. The maximum atomic E-state index is 12.9. The number of sulfonamides is 1. The van der Waals surface area contributed by atoms with E-state index in [1.165, 1.54) is 31.3 Å². The number of aryl methyl sites for hydroxylation is 1. The first-order valence-corrected chi connectivity index (χ1v) is 10.2. The largest absolute Gasteiger partial charge is 0.507 e. The van der Waals surface area contributed by atoms with Crippen molar-refractivity contribution in [2.45, 2.75) is 11.8 Å². The number of carboxylic acid groups (broad SMARTS) is 1. The van der Waals surface area contributed by atoms with Gasteiger partial charge in [0.05, 0.1) is 10.6 Å². The van der Waals surface area contributed by atoms with E-state index in [0.717, 1.165) is 21.2 Å². The standard InChI is InChI=1S/C19H17NO5S2/c1-12-7-9-13(10-8-12)27(24,25)20(2)15-11-17(26-18(15)19(22)23)14-5-3-4-6-16(14)21/h3-11,21H,1-2H3,(H,22,23). The van der Waals surface area contributed by atoms with Crippen molar-refractivity contribution in [1.29, 1.82) is 0 Å². The third-order valence-corrected chi connectivity index (χ3v) is 7.03. The van der Waals surface area contributed by atoms with E-state index in [1.54, 1.807) is 30.3 Å². The van der Waals surface area contributed by atoms with E-state index in [4.69, 9.17) is 0 Å². The first-order valence-electron chi connectivity index (χ1n) is 7.93. The van der Waals surface area contributed by atoms with Crippen LogP contribution in [0.4, 0.5) is 5.69 Å². The van der Waals surface area contributed by atoms with Crippen molar-refractivity contribution < 1.29 is 23.4 Å². The number of rotatable bonds is 5. The number of benzene rings is 2. The van der Waals surface area contributed by atoms with E-state index in [1.807, 2.05) is 6.92 Å². The number of phenolic OH excluding ortho intramolecular Hbond substituents is 1. The first-order chi connectivity index (χ1) is 12.7. The number of para-hydroxylation sites is 1. The molecular formula is C19H17NO5S2. The van der Waals surface area contributed by atoms with Crippen molar-refractivity contribution in [2.24, 2.45) is 0 Å². The molecule has 0 bridgehead atoms. The van der Waals surface area contributed by atoms with Crippen LogP contribution in [0.5, 0.6) is 5.75 Å². The lowest BCUT2D eigenvalue weighted by Crippen LogP contribution is -2.27. The summed E-state index contributed by atoms with van der Waals surface area (Å²) in [4.78, 5) is 12.1. The Bertz CT molecular complexity index is 1100. The SMILES string of the molecule is Cc1ccc(S(=O)(=O)N(C)c2cc(-c3ccccc3O)sc2C(=O)O)cc1. The third-order valence-electron chi connectivity index (χ3n) is 4.09. The van der Waals surface area contributed by atoms with E-state index >= 15 is 0 Å². The predicted octanol–water partition coefficient (Wildman–Crippen LogP) is 3.95. The molecule has 0 radical (unpaired) electrons. The molecule has 0 atom stereocenters. The van der Waals surface area contributed by atoms with Gasteiger partial charge in [0, 0.05) is 17.5 Å². The molecule has 1 aromatic heterocycles. The summed E-state index contributed by atoms with van der Waals surface area (Å²) in [5.41, 5.74) is 1.41. The van der Waals surface area contributed by atoms with Crippen molar-refractivity contribution in [3.8, 4) is 16.2 Å². The number of carboxylic acids is 1. The van der Waals surface area contributed by atoms with Crippen LogP contribution in [0.2, 0.25) is 0 Å². The molecule has 0 aliphatic rings. The van der Waals surface area contributed by atoms with Crippen LogP contribution in [0, 0.1) is 6.92 Å². The van der Waals surface area contributed by atoms with Crippen LogP contribution in [0.3, 0.4) is 0 Å². The minimum Gasteiger partial charge on any atom is -0.507 e. The number of nitrogens with zero attached hydrogens (tertiary/aromatic N) is 1. The number of anilines is 1. The zero-order valence-corrected chi connectivity index (χ0v) is 16.2. The quantitative estimate of drug-likeness (QED) is 0.673. The molecule has 0 spiro atoms. The van der Waals surface area contributed by atoms with Crippen LogP contribution in [-0.2, 0) is 10.0 Å². The predicted molar refractivity (Wildman–Crippen MR) is 105 cm³/mol. The highest BCUT2D eigenvalue weighted by Crippen LogP contribution is 2.41. The maximum Gasteiger partial charge on any atom is 0.348 e. The number of thiophene rings is 1. The topological polar surface area (TPSA) is 94.9 Å². The molecule has 1 heterocycles. The molecule has 0 amide bonds. The van der Waals surface area contributed by atoms with Gasteiger partial charge in [-0.1, -0.05) is 29.8 Å². The van der Waals surface area contributed by atoms with Crippen LogP contribution in [0.15, 0.2) is 59.5 Å². The highest BCUT2D eigenvalue weighted by molar-refractivity contribution is 7.92. The van der Waals surface area contributed by atoms with E-state index in [-0.39, 0.29) is 21.2 Å². The van der Waals surface area contributed by atoms with E-state index in [0.29, 0.717) is 10.4 Å². The fraction of sp³-hybridized carbons (Fsp3) is 0.105. The third kappa shape index (κ3) is 3.54. The van der Waals surface area contributed by atoms with E-state index in [9.17, 15) is 23.4 Å². The van der Waals surface area contributed by atoms with Gasteiger partial charge in [-0.2, -0.15) is 0 Å². The lowest BCUT2D eigenvalue weighted by atomic mass is 10.1. The molecule has 0 unspecified atom stereocenters. The average molecular weight is 403 g/mol. The molecule has 0 saturated heterocycles. The zero-order chi connectivity index (χ0) is 19.8. The minimum absolute atomic E-state index is 0.00807. The van der Waals surface area contributed by atoms with Crippen LogP contribution >= 0.6 is 11.3 Å². The molecule has 2 N–H and O–H groups in total. The monoisotopic (exact) mass is 403 g/mol. The molecule has 8 heteroatoms. The lowest BCUT2D eigenvalue weighted by molar-refractivity contribution is 0.0703. The van der Waals surface area contributed by atoms with Crippen molar-refractivity contribution >= 4 is 33.0 Å². The zero-order valence-electron chi connectivity index (χ0n) is 14.6. The van der Waals surface area contributed by atoms with Crippen molar-refractivity contribution in [1.82, 2.24) is 0 Å². The van der Waals surface area contributed by atoms with Crippen LogP contribution in [-0.4, -0.2) is 31.6 Å². The molecule has 3 aromatic rings. The van der Waals surface area contributed by atoms with Gasteiger partial charge in [-0.25, -0.2) is 13.2 Å². The van der Waals surface area contributed by atoms with Gasteiger partial charge in [-0.05, 0) is 37.3 Å². The maximum absolute atomic E-state index is 12.9. The summed E-state index contributed by atoms with van der Waals surface area (Å²) in [6.07, 6.45) is 0. The van der Waals surface area contributed by atoms with Gasteiger partial charge in [0.25, 0.3) is 10.0 Å². The van der Waals surface area contributed by atoms with Gasteiger partial charge in [0.15, 0.2) is 0 Å². The smallest absolute Gasteiger partial charge is 0.348 e. The van der Waals surface area contributed by atoms with Crippen LogP contribution in [0.1, 0.15) is 15.2 Å². The molecular weight excluding hydrogens is 386 g/mol. The summed E-state index contributed by atoms with van der Waals surface area (Å²) in [7, 11) is -2.61. The minimum atomic E-state index is -3.93. The van der Waals surface area contributed by atoms with Gasteiger partial charge in [0.2, 0.25) is 0 Å². The highest BCUT2D eigenvalue weighted by Gasteiger charge is 2.28. The van der Waals surface area contributed by atoms with E-state index in [2.05, 4.69) is 0 Å². The Balaban J connectivity index is 2.11. The Morgan fingerprint density at radius 3 is 2.30 bits per heavy atom. The Hall–Kier alpha value is -2.84. The second-order valence-corrected chi connectivity index (χ2v) is 8.95.